The standard InChI is InChI=1S/C22H21N3O4S/c1-25-12-18(15-4-2-3-5-16(15)22(25)26)17-10-13(8-9-23-30(27)28)11-19-20(17)29-21(24-19)14-6-7-14/h2-5,10-12,14,23H,6-9H2,1H3,(H,27,28). The molecule has 1 atom stereocenters. The summed E-state index contributed by atoms with van der Waals surface area (Å²) in [5.74, 6) is 1.14. The third-order valence-electron chi connectivity index (χ3n) is 5.51. The summed E-state index contributed by atoms with van der Waals surface area (Å²) < 4.78 is 30.2. The van der Waals surface area contributed by atoms with Gasteiger partial charge in [-0.05, 0) is 48.4 Å². The summed E-state index contributed by atoms with van der Waals surface area (Å²) in [6, 6.07) is 11.6. The zero-order chi connectivity index (χ0) is 20.8. The molecule has 2 heterocycles. The largest absolute Gasteiger partial charge is 0.440 e. The Morgan fingerprint density at radius 1 is 1.23 bits per heavy atom. The van der Waals surface area contributed by atoms with Crippen molar-refractivity contribution in [2.24, 2.45) is 7.05 Å². The lowest BCUT2D eigenvalue weighted by molar-refractivity contribution is 0.533. The number of hydrogen-bond acceptors (Lipinski definition) is 4. The smallest absolute Gasteiger partial charge is 0.258 e. The zero-order valence-corrected chi connectivity index (χ0v) is 17.2. The molecule has 1 unspecified atom stereocenters. The topological polar surface area (TPSA) is 97.4 Å². The van der Waals surface area contributed by atoms with Crippen LogP contribution >= 0.6 is 0 Å². The van der Waals surface area contributed by atoms with E-state index in [2.05, 4.69) is 4.72 Å². The van der Waals surface area contributed by atoms with E-state index in [1.165, 1.54) is 0 Å². The number of fused-ring (bicyclic) bond motifs is 2. The van der Waals surface area contributed by atoms with E-state index in [1.54, 1.807) is 11.6 Å². The number of pyridine rings is 1. The van der Waals surface area contributed by atoms with Gasteiger partial charge in [0.05, 0.1) is 0 Å². The average molecular weight is 423 g/mol. The third-order valence-corrected chi connectivity index (χ3v) is 5.96. The Bertz CT molecular complexity index is 1350. The second kappa shape index (κ2) is 7.46. The van der Waals surface area contributed by atoms with Crippen LogP contribution in [0, 0.1) is 0 Å². The lowest BCUT2D eigenvalue weighted by Crippen LogP contribution is -2.19. The van der Waals surface area contributed by atoms with E-state index in [1.807, 2.05) is 42.6 Å². The SMILES string of the molecule is Cn1cc(-c2cc(CCNS(=O)O)cc3nc(C4CC4)oc23)c2ccccc2c1=O. The first-order chi connectivity index (χ1) is 14.5. The van der Waals surface area contributed by atoms with Gasteiger partial charge in [-0.3, -0.25) is 9.35 Å². The molecule has 4 aromatic rings. The molecule has 1 aliphatic carbocycles. The van der Waals surface area contributed by atoms with Gasteiger partial charge in [0.1, 0.15) is 5.52 Å². The van der Waals surface area contributed by atoms with E-state index in [9.17, 15) is 9.00 Å². The highest BCUT2D eigenvalue weighted by Crippen LogP contribution is 2.42. The number of aryl methyl sites for hydroxylation is 1. The maximum atomic E-state index is 12.6. The highest BCUT2D eigenvalue weighted by atomic mass is 32.2. The van der Waals surface area contributed by atoms with Crippen LogP contribution in [0.4, 0.5) is 0 Å². The van der Waals surface area contributed by atoms with Crippen LogP contribution in [0.1, 0.15) is 30.2 Å². The van der Waals surface area contributed by atoms with Gasteiger partial charge >= 0.3 is 0 Å². The first-order valence-electron chi connectivity index (χ1n) is 9.87. The fourth-order valence-electron chi connectivity index (χ4n) is 3.87. The minimum absolute atomic E-state index is 0.0485. The summed E-state index contributed by atoms with van der Waals surface area (Å²) in [5, 5.41) is 1.51. The second-order valence-electron chi connectivity index (χ2n) is 7.72. The van der Waals surface area contributed by atoms with Crippen LogP contribution in [-0.4, -0.2) is 24.9 Å². The van der Waals surface area contributed by atoms with Crippen molar-refractivity contribution in [3.05, 3.63) is 64.4 Å². The van der Waals surface area contributed by atoms with E-state index in [0.717, 1.165) is 46.3 Å². The lowest BCUT2D eigenvalue weighted by Gasteiger charge is -2.11. The Labute approximate surface area is 175 Å². The number of benzene rings is 2. The molecule has 154 valence electrons. The molecule has 2 aromatic heterocycles. The molecule has 7 nitrogen and oxygen atoms in total. The van der Waals surface area contributed by atoms with Crippen LogP contribution in [0.5, 0.6) is 0 Å². The monoisotopic (exact) mass is 423 g/mol. The van der Waals surface area contributed by atoms with Gasteiger partial charge in [0, 0.05) is 42.2 Å². The quantitative estimate of drug-likeness (QED) is 0.463. The molecule has 2 N–H and O–H groups in total. The molecule has 0 saturated heterocycles. The second-order valence-corrected chi connectivity index (χ2v) is 8.50. The Kier molecular flexibility index (Phi) is 4.77. The molecule has 1 fully saturated rings. The molecule has 5 rings (SSSR count). The van der Waals surface area contributed by atoms with Crippen LogP contribution < -0.4 is 10.3 Å². The summed E-state index contributed by atoms with van der Waals surface area (Å²) >= 11 is -2.05. The number of nitrogens with zero attached hydrogens (tertiary/aromatic N) is 2. The zero-order valence-electron chi connectivity index (χ0n) is 16.4. The summed E-state index contributed by atoms with van der Waals surface area (Å²) in [4.78, 5) is 17.3. The predicted octanol–water partition coefficient (Wildman–Crippen LogP) is 3.49. The van der Waals surface area contributed by atoms with Crippen molar-refractivity contribution in [2.45, 2.75) is 25.2 Å². The van der Waals surface area contributed by atoms with E-state index in [-0.39, 0.29) is 5.56 Å². The molecule has 0 aliphatic heterocycles. The highest BCUT2D eigenvalue weighted by Gasteiger charge is 2.29. The molecule has 0 amide bonds. The molecular formula is C22H21N3O4S. The Balaban J connectivity index is 1.73. The molecule has 2 aromatic carbocycles. The van der Waals surface area contributed by atoms with Gasteiger partial charge in [-0.25, -0.2) is 13.9 Å². The Hall–Kier alpha value is -2.81. The first kappa shape index (κ1) is 19.2. The third kappa shape index (κ3) is 3.47. The fourth-order valence-corrected chi connectivity index (χ4v) is 4.15. The maximum absolute atomic E-state index is 12.6. The van der Waals surface area contributed by atoms with Gasteiger partial charge in [0.25, 0.3) is 5.56 Å². The summed E-state index contributed by atoms with van der Waals surface area (Å²) in [6.07, 6.45) is 4.57. The molecule has 1 aliphatic rings. The van der Waals surface area contributed by atoms with Crippen molar-refractivity contribution >= 4 is 33.1 Å². The minimum atomic E-state index is -2.05. The van der Waals surface area contributed by atoms with E-state index in [0.29, 0.717) is 29.9 Å². The normalized spacial score (nSPS) is 15.1. The van der Waals surface area contributed by atoms with Crippen LogP contribution in [0.2, 0.25) is 0 Å². The van der Waals surface area contributed by atoms with Crippen molar-refractivity contribution in [2.75, 3.05) is 6.54 Å². The molecule has 8 heteroatoms. The van der Waals surface area contributed by atoms with Gasteiger partial charge < -0.3 is 8.98 Å². The molecular weight excluding hydrogens is 402 g/mol. The maximum Gasteiger partial charge on any atom is 0.258 e. The number of aromatic nitrogens is 2. The van der Waals surface area contributed by atoms with E-state index < -0.39 is 11.3 Å². The molecule has 1 saturated carbocycles. The minimum Gasteiger partial charge on any atom is -0.440 e. The summed E-state index contributed by atoms with van der Waals surface area (Å²) in [5.41, 5.74) is 4.18. The van der Waals surface area contributed by atoms with Crippen molar-refractivity contribution in [1.82, 2.24) is 14.3 Å². The Morgan fingerprint density at radius 3 is 2.73 bits per heavy atom. The number of nitrogens with one attached hydrogen (secondary N) is 1. The fraction of sp³-hybridized carbons (Fsp3) is 0.273. The number of rotatable bonds is 6. The Morgan fingerprint density at radius 2 is 2.00 bits per heavy atom. The van der Waals surface area contributed by atoms with Crippen molar-refractivity contribution in [1.29, 1.82) is 0 Å². The van der Waals surface area contributed by atoms with Gasteiger partial charge in [0.2, 0.25) is 11.3 Å². The van der Waals surface area contributed by atoms with Gasteiger partial charge in [-0.2, -0.15) is 0 Å². The van der Waals surface area contributed by atoms with E-state index in [4.69, 9.17) is 14.0 Å². The molecule has 0 spiro atoms. The molecule has 0 radical (unpaired) electrons. The van der Waals surface area contributed by atoms with Crippen molar-refractivity contribution in [3.63, 3.8) is 0 Å². The first-order valence-corrected chi connectivity index (χ1v) is 11.0. The van der Waals surface area contributed by atoms with Crippen LogP contribution in [0.15, 0.2) is 51.8 Å². The molecule has 0 bridgehead atoms. The summed E-state index contributed by atoms with van der Waals surface area (Å²) in [7, 11) is 1.75. The highest BCUT2D eigenvalue weighted by molar-refractivity contribution is 7.77. The number of oxazole rings is 1. The van der Waals surface area contributed by atoms with Crippen LogP contribution in [0.3, 0.4) is 0 Å². The van der Waals surface area contributed by atoms with Crippen molar-refractivity contribution in [3.8, 4) is 11.1 Å². The van der Waals surface area contributed by atoms with Crippen LogP contribution in [-0.2, 0) is 24.7 Å². The predicted molar refractivity (Wildman–Crippen MR) is 117 cm³/mol. The molecule has 30 heavy (non-hydrogen) atoms. The average Bonchev–Trinajstić information content (AvgIpc) is 3.49. The number of hydrogen-bond donors (Lipinski definition) is 2. The van der Waals surface area contributed by atoms with Gasteiger partial charge in [-0.15, -0.1) is 0 Å². The lowest BCUT2D eigenvalue weighted by atomic mass is 9.97. The van der Waals surface area contributed by atoms with Crippen LogP contribution in [0.25, 0.3) is 33.0 Å². The van der Waals surface area contributed by atoms with Crippen molar-refractivity contribution < 1.29 is 13.2 Å². The van der Waals surface area contributed by atoms with E-state index >= 15 is 0 Å². The van der Waals surface area contributed by atoms with Gasteiger partial charge in [-0.1, -0.05) is 18.2 Å². The summed E-state index contributed by atoms with van der Waals surface area (Å²) in [6.45, 7) is 0.357. The van der Waals surface area contributed by atoms with Gasteiger partial charge in [0.15, 0.2) is 11.5 Å².